The number of nitrogens with zero attached hydrogens (tertiary/aromatic N) is 1. The van der Waals surface area contributed by atoms with Crippen molar-refractivity contribution < 1.29 is 4.74 Å². The van der Waals surface area contributed by atoms with Crippen LogP contribution in [0.15, 0.2) is 77.8 Å². The van der Waals surface area contributed by atoms with Gasteiger partial charge in [0.15, 0.2) is 0 Å². The second-order valence-corrected chi connectivity index (χ2v) is 4.90. The molecule has 0 aliphatic carbocycles. The van der Waals surface area contributed by atoms with Crippen LogP contribution in [-0.4, -0.2) is 13.3 Å². The maximum absolute atomic E-state index is 5.13. The van der Waals surface area contributed by atoms with Crippen LogP contribution in [0.4, 0.5) is 5.69 Å². The van der Waals surface area contributed by atoms with Gasteiger partial charge in [-0.2, -0.15) is 0 Å². The maximum Gasteiger partial charge on any atom is 0.119 e. The van der Waals surface area contributed by atoms with Crippen LogP contribution < -0.4 is 4.74 Å². The van der Waals surface area contributed by atoms with Gasteiger partial charge in [-0.25, -0.2) is 0 Å². The molecule has 3 rings (SSSR count). The van der Waals surface area contributed by atoms with Gasteiger partial charge in [-0.3, -0.25) is 4.99 Å². The fraction of sp³-hybridized carbons (Fsp3) is 0.0500. The fourth-order valence-electron chi connectivity index (χ4n) is 2.34. The average molecular weight is 287 g/mol. The van der Waals surface area contributed by atoms with Crippen LogP contribution in [0, 0.1) is 0 Å². The molecule has 2 heteroatoms. The van der Waals surface area contributed by atoms with Crippen molar-refractivity contribution in [3.8, 4) is 5.75 Å². The van der Waals surface area contributed by atoms with E-state index >= 15 is 0 Å². The minimum absolute atomic E-state index is 0.838. The molecule has 0 aromatic heterocycles. The number of fused-ring (bicyclic) bond motifs is 1. The van der Waals surface area contributed by atoms with Crippen LogP contribution >= 0.6 is 0 Å². The van der Waals surface area contributed by atoms with Gasteiger partial charge in [0.05, 0.1) is 12.8 Å². The Kier molecular flexibility index (Phi) is 4.30. The van der Waals surface area contributed by atoms with Crippen LogP contribution in [0.2, 0.25) is 0 Å². The first-order chi connectivity index (χ1) is 10.9. The molecule has 2 nitrogen and oxygen atoms in total. The van der Waals surface area contributed by atoms with Gasteiger partial charge in [0.25, 0.3) is 0 Å². The lowest BCUT2D eigenvalue weighted by Crippen LogP contribution is -1.80. The first-order valence-corrected chi connectivity index (χ1v) is 7.19. The van der Waals surface area contributed by atoms with Crippen LogP contribution in [0.25, 0.3) is 16.8 Å². The molecule has 0 bridgehead atoms. The molecule has 0 radical (unpaired) electrons. The normalized spacial score (nSPS) is 11.5. The van der Waals surface area contributed by atoms with E-state index in [1.165, 1.54) is 16.3 Å². The number of rotatable bonds is 4. The summed E-state index contributed by atoms with van der Waals surface area (Å²) in [4.78, 5) is 4.41. The lowest BCUT2D eigenvalue weighted by Gasteiger charge is -2.00. The summed E-state index contributed by atoms with van der Waals surface area (Å²) < 4.78 is 5.13. The van der Waals surface area contributed by atoms with Crippen LogP contribution in [-0.2, 0) is 0 Å². The number of ether oxygens (including phenoxy) is 1. The average Bonchev–Trinajstić information content (AvgIpc) is 2.59. The van der Waals surface area contributed by atoms with E-state index in [1.54, 1.807) is 7.11 Å². The highest BCUT2D eigenvalue weighted by atomic mass is 16.5. The largest absolute Gasteiger partial charge is 0.497 e. The molecular weight excluding hydrogens is 270 g/mol. The first-order valence-electron chi connectivity index (χ1n) is 7.19. The molecule has 0 amide bonds. The molecule has 0 heterocycles. The minimum atomic E-state index is 0.838. The molecular formula is C20H17NO. The Morgan fingerprint density at radius 3 is 2.45 bits per heavy atom. The summed E-state index contributed by atoms with van der Waals surface area (Å²) in [5.41, 5.74) is 2.10. The Morgan fingerprint density at radius 2 is 1.64 bits per heavy atom. The molecule has 0 aliphatic heterocycles. The predicted molar refractivity (Wildman–Crippen MR) is 94.1 cm³/mol. The fourth-order valence-corrected chi connectivity index (χ4v) is 2.34. The third kappa shape index (κ3) is 3.23. The zero-order valence-electron chi connectivity index (χ0n) is 12.4. The summed E-state index contributed by atoms with van der Waals surface area (Å²) in [7, 11) is 1.66. The van der Waals surface area contributed by atoms with Crippen molar-refractivity contribution in [3.63, 3.8) is 0 Å². The molecule has 0 saturated heterocycles. The third-order valence-corrected chi connectivity index (χ3v) is 3.48. The number of hydrogen-bond donors (Lipinski definition) is 0. The summed E-state index contributed by atoms with van der Waals surface area (Å²) in [5.74, 6) is 0.838. The highest BCUT2D eigenvalue weighted by Gasteiger charge is 1.95. The summed E-state index contributed by atoms with van der Waals surface area (Å²) in [6.45, 7) is 0. The Morgan fingerprint density at radius 1 is 0.864 bits per heavy atom. The summed E-state index contributed by atoms with van der Waals surface area (Å²) >= 11 is 0. The summed E-state index contributed by atoms with van der Waals surface area (Å²) in [5, 5.41) is 2.50. The second kappa shape index (κ2) is 6.72. The molecule has 0 unspecified atom stereocenters. The smallest absolute Gasteiger partial charge is 0.119 e. The van der Waals surface area contributed by atoms with E-state index in [0.29, 0.717) is 0 Å². The molecule has 0 atom stereocenters. The quantitative estimate of drug-likeness (QED) is 0.599. The molecule has 0 spiro atoms. The van der Waals surface area contributed by atoms with Gasteiger partial charge in [0.1, 0.15) is 5.75 Å². The number of aliphatic imine (C=N–C) groups is 1. The third-order valence-electron chi connectivity index (χ3n) is 3.48. The Hall–Kier alpha value is -2.87. The molecule has 0 N–H and O–H groups in total. The highest BCUT2D eigenvalue weighted by molar-refractivity contribution is 5.93. The van der Waals surface area contributed by atoms with Gasteiger partial charge in [0.2, 0.25) is 0 Å². The summed E-state index contributed by atoms with van der Waals surface area (Å²) in [6, 6.07) is 22.4. The monoisotopic (exact) mass is 287 g/mol. The van der Waals surface area contributed by atoms with E-state index in [-0.39, 0.29) is 0 Å². The minimum Gasteiger partial charge on any atom is -0.497 e. The molecule has 22 heavy (non-hydrogen) atoms. The van der Waals surface area contributed by atoms with Crippen molar-refractivity contribution in [3.05, 3.63) is 78.4 Å². The zero-order valence-corrected chi connectivity index (χ0v) is 12.4. The number of methoxy groups -OCH3 is 1. The Bertz CT molecular complexity index is 811. The van der Waals surface area contributed by atoms with Gasteiger partial charge >= 0.3 is 0 Å². The zero-order chi connectivity index (χ0) is 15.2. The molecule has 0 aliphatic rings. The molecule has 108 valence electrons. The Balaban J connectivity index is 1.76. The van der Waals surface area contributed by atoms with E-state index in [4.69, 9.17) is 4.74 Å². The van der Waals surface area contributed by atoms with E-state index in [9.17, 15) is 0 Å². The summed E-state index contributed by atoms with van der Waals surface area (Å²) in [6.07, 6.45) is 5.85. The SMILES string of the molecule is COc1ccc(N=C/C=C/c2cccc3ccccc23)cc1. The predicted octanol–water partition coefficient (Wildman–Crippen LogP) is 5.26. The lowest BCUT2D eigenvalue weighted by molar-refractivity contribution is 0.415. The van der Waals surface area contributed by atoms with E-state index < -0.39 is 0 Å². The van der Waals surface area contributed by atoms with Gasteiger partial charge < -0.3 is 4.74 Å². The van der Waals surface area contributed by atoms with Crippen LogP contribution in [0.1, 0.15) is 5.56 Å². The van der Waals surface area contributed by atoms with E-state index in [1.807, 2.05) is 36.6 Å². The van der Waals surface area contributed by atoms with Crippen molar-refractivity contribution in [1.82, 2.24) is 0 Å². The van der Waals surface area contributed by atoms with Crippen molar-refractivity contribution in [2.75, 3.05) is 7.11 Å². The van der Waals surface area contributed by atoms with Gasteiger partial charge in [0, 0.05) is 6.21 Å². The van der Waals surface area contributed by atoms with Gasteiger partial charge in [-0.15, -0.1) is 0 Å². The molecule has 3 aromatic rings. The van der Waals surface area contributed by atoms with Crippen LogP contribution in [0.3, 0.4) is 0 Å². The number of benzene rings is 3. The van der Waals surface area contributed by atoms with Crippen molar-refractivity contribution >= 4 is 28.8 Å². The number of allylic oxidation sites excluding steroid dienone is 1. The van der Waals surface area contributed by atoms with Crippen molar-refractivity contribution in [2.45, 2.75) is 0 Å². The highest BCUT2D eigenvalue weighted by Crippen LogP contribution is 2.20. The topological polar surface area (TPSA) is 21.6 Å². The lowest BCUT2D eigenvalue weighted by atomic mass is 10.0. The molecule has 3 aromatic carbocycles. The van der Waals surface area contributed by atoms with Crippen molar-refractivity contribution in [1.29, 1.82) is 0 Å². The van der Waals surface area contributed by atoms with E-state index in [2.05, 4.69) is 53.5 Å². The first kappa shape index (κ1) is 14.1. The molecule has 0 saturated carbocycles. The van der Waals surface area contributed by atoms with Crippen LogP contribution in [0.5, 0.6) is 5.75 Å². The second-order valence-electron chi connectivity index (χ2n) is 4.90. The maximum atomic E-state index is 5.13. The van der Waals surface area contributed by atoms with Crippen molar-refractivity contribution in [2.24, 2.45) is 4.99 Å². The molecule has 0 fully saturated rings. The number of hydrogen-bond acceptors (Lipinski definition) is 2. The standard InChI is InChI=1S/C20H17NO/c1-22-19-13-11-18(12-14-19)21-15-5-9-17-8-4-7-16-6-2-3-10-20(16)17/h2-15H,1H3/b9-5+,21-15?. The van der Waals surface area contributed by atoms with Gasteiger partial charge in [-0.1, -0.05) is 48.5 Å². The Labute approximate surface area is 130 Å². The van der Waals surface area contributed by atoms with Gasteiger partial charge in [-0.05, 0) is 46.7 Å². The van der Waals surface area contributed by atoms with E-state index in [0.717, 1.165) is 11.4 Å².